The zero-order valence-corrected chi connectivity index (χ0v) is 20.6. The third-order valence-corrected chi connectivity index (χ3v) is 5.51. The van der Waals surface area contributed by atoms with Gasteiger partial charge in [0.25, 0.3) is 0 Å². The van der Waals surface area contributed by atoms with E-state index in [1.165, 1.54) is 18.4 Å². The fourth-order valence-corrected chi connectivity index (χ4v) is 3.41. The molecule has 1 amide bonds. The van der Waals surface area contributed by atoms with Crippen molar-refractivity contribution in [3.05, 3.63) is 64.0 Å². The Balaban J connectivity index is 1.83. The summed E-state index contributed by atoms with van der Waals surface area (Å²) in [6.07, 6.45) is 1.30. The van der Waals surface area contributed by atoms with Crippen molar-refractivity contribution in [2.45, 2.75) is 52.7 Å². The average Bonchev–Trinajstić information content (AvgIpc) is 2.76. The van der Waals surface area contributed by atoms with Gasteiger partial charge in [-0.15, -0.1) is 0 Å². The van der Waals surface area contributed by atoms with Crippen LogP contribution in [0.15, 0.2) is 57.9 Å². The molecule has 2 aromatic carbocycles. The fraction of sp³-hybridized carbons (Fsp3) is 0.346. The number of ether oxygens (including phenoxy) is 2. The molecule has 34 heavy (non-hydrogen) atoms. The Morgan fingerprint density at radius 2 is 1.79 bits per heavy atom. The minimum absolute atomic E-state index is 0.194. The summed E-state index contributed by atoms with van der Waals surface area (Å²) in [5.74, 6) is -0.640. The number of carbonyl (C=O) groups is 2. The smallest absolute Gasteiger partial charge is 0.408 e. The molecule has 3 rings (SSSR count). The molecule has 0 unspecified atom stereocenters. The predicted octanol–water partition coefficient (Wildman–Crippen LogP) is 5.96. The predicted molar refractivity (Wildman–Crippen MR) is 131 cm³/mol. The summed E-state index contributed by atoms with van der Waals surface area (Å²) in [5, 5.41) is 3.51. The van der Waals surface area contributed by atoms with E-state index in [0.717, 1.165) is 0 Å². The number of fused-ring (bicyclic) bond motifs is 1. The van der Waals surface area contributed by atoms with Gasteiger partial charge in [-0.25, -0.2) is 9.59 Å². The van der Waals surface area contributed by atoms with Crippen LogP contribution < -0.4 is 15.5 Å². The van der Waals surface area contributed by atoms with E-state index in [0.29, 0.717) is 28.0 Å². The van der Waals surface area contributed by atoms with E-state index in [4.69, 9.17) is 25.5 Å². The molecule has 0 aliphatic rings. The van der Waals surface area contributed by atoms with Gasteiger partial charge in [-0.1, -0.05) is 44.0 Å². The SMILES string of the molecule is CC[C@@H](C)[C@@H](NC(=O)OC(C)(C)C)C(=O)Oc1ccc2c(=O)c(-c3ccc(Cl)cc3)coc2c1. The van der Waals surface area contributed by atoms with E-state index in [1.807, 2.05) is 13.8 Å². The molecule has 0 aliphatic carbocycles. The van der Waals surface area contributed by atoms with Crippen LogP contribution >= 0.6 is 11.6 Å². The Labute approximate surface area is 203 Å². The maximum Gasteiger partial charge on any atom is 0.408 e. The number of rotatable bonds is 6. The standard InChI is InChI=1S/C26H28ClNO6/c1-6-15(2)22(28-25(31)34-26(3,4)5)24(30)33-18-11-12-19-21(13-18)32-14-20(23(19)29)16-7-9-17(27)10-8-16/h7-15,22H,6H2,1-5H3,(H,28,31)/t15-,22-/m1/s1. The number of hydrogen-bond acceptors (Lipinski definition) is 6. The van der Waals surface area contributed by atoms with E-state index >= 15 is 0 Å². The van der Waals surface area contributed by atoms with Crippen molar-refractivity contribution in [2.75, 3.05) is 0 Å². The summed E-state index contributed by atoms with van der Waals surface area (Å²) in [6.45, 7) is 8.96. The van der Waals surface area contributed by atoms with Gasteiger partial charge in [0.05, 0.1) is 10.9 Å². The summed E-state index contributed by atoms with van der Waals surface area (Å²) < 4.78 is 16.5. The summed E-state index contributed by atoms with van der Waals surface area (Å²) in [4.78, 5) is 38.1. The molecule has 0 bridgehead atoms. The van der Waals surface area contributed by atoms with Crippen LogP contribution in [0.1, 0.15) is 41.0 Å². The largest absolute Gasteiger partial charge is 0.463 e. The Bertz CT molecular complexity index is 1240. The van der Waals surface area contributed by atoms with Crippen molar-refractivity contribution in [1.29, 1.82) is 0 Å². The molecule has 1 N–H and O–H groups in total. The molecule has 1 aromatic heterocycles. The lowest BCUT2D eigenvalue weighted by molar-refractivity contribution is -0.138. The van der Waals surface area contributed by atoms with E-state index in [9.17, 15) is 14.4 Å². The van der Waals surface area contributed by atoms with Crippen LogP contribution in [0.2, 0.25) is 5.02 Å². The molecule has 0 aliphatic heterocycles. The average molecular weight is 486 g/mol. The maximum absolute atomic E-state index is 13.0. The van der Waals surface area contributed by atoms with Gasteiger partial charge in [-0.2, -0.15) is 0 Å². The van der Waals surface area contributed by atoms with Gasteiger partial charge in [0.15, 0.2) is 5.43 Å². The van der Waals surface area contributed by atoms with Crippen LogP contribution in [-0.2, 0) is 9.53 Å². The molecule has 1 heterocycles. The summed E-state index contributed by atoms with van der Waals surface area (Å²) in [7, 11) is 0. The second kappa shape index (κ2) is 10.3. The van der Waals surface area contributed by atoms with Crippen LogP contribution in [-0.4, -0.2) is 23.7 Å². The first-order valence-electron chi connectivity index (χ1n) is 11.0. The molecule has 7 nitrogen and oxygen atoms in total. The molecule has 0 radical (unpaired) electrons. The third-order valence-electron chi connectivity index (χ3n) is 5.26. The summed E-state index contributed by atoms with van der Waals surface area (Å²) in [5.41, 5.74) is 0.431. The number of alkyl carbamates (subject to hydrolysis) is 1. The highest BCUT2D eigenvalue weighted by atomic mass is 35.5. The quantitative estimate of drug-likeness (QED) is 0.342. The van der Waals surface area contributed by atoms with Gasteiger partial charge in [0.2, 0.25) is 0 Å². The zero-order valence-electron chi connectivity index (χ0n) is 19.8. The van der Waals surface area contributed by atoms with Crippen LogP contribution in [0.5, 0.6) is 5.75 Å². The molecule has 0 saturated heterocycles. The normalized spacial score (nSPS) is 13.2. The topological polar surface area (TPSA) is 94.8 Å². The Hall–Kier alpha value is -3.32. The first-order valence-corrected chi connectivity index (χ1v) is 11.4. The van der Waals surface area contributed by atoms with Crippen molar-refractivity contribution in [3.8, 4) is 16.9 Å². The Morgan fingerprint density at radius 3 is 2.41 bits per heavy atom. The van der Waals surface area contributed by atoms with E-state index < -0.39 is 23.7 Å². The lowest BCUT2D eigenvalue weighted by atomic mass is 9.99. The van der Waals surface area contributed by atoms with Crippen LogP contribution in [0, 0.1) is 5.92 Å². The summed E-state index contributed by atoms with van der Waals surface area (Å²) in [6, 6.07) is 10.5. The monoisotopic (exact) mass is 485 g/mol. The second-order valence-electron chi connectivity index (χ2n) is 9.07. The first kappa shape index (κ1) is 25.3. The maximum atomic E-state index is 13.0. The summed E-state index contributed by atoms with van der Waals surface area (Å²) >= 11 is 5.93. The van der Waals surface area contributed by atoms with Gasteiger partial charge in [0, 0.05) is 11.1 Å². The number of esters is 1. The molecule has 0 spiro atoms. The van der Waals surface area contributed by atoms with Gasteiger partial charge in [-0.05, 0) is 56.5 Å². The number of nitrogens with one attached hydrogen (secondary N) is 1. The lowest BCUT2D eigenvalue weighted by Crippen LogP contribution is -2.48. The molecular formula is C26H28ClNO6. The zero-order chi connectivity index (χ0) is 25.0. The first-order chi connectivity index (χ1) is 16.0. The van der Waals surface area contributed by atoms with Crippen LogP contribution in [0.4, 0.5) is 4.79 Å². The second-order valence-corrected chi connectivity index (χ2v) is 9.51. The number of carbonyl (C=O) groups excluding carboxylic acids is 2. The van der Waals surface area contributed by atoms with Gasteiger partial charge in [0.1, 0.15) is 29.2 Å². The van der Waals surface area contributed by atoms with Crippen LogP contribution in [0.3, 0.4) is 0 Å². The minimum Gasteiger partial charge on any atom is -0.463 e. The molecule has 8 heteroatoms. The molecule has 0 fully saturated rings. The van der Waals surface area contributed by atoms with Crippen molar-refractivity contribution < 1.29 is 23.5 Å². The molecule has 2 atom stereocenters. The van der Waals surface area contributed by atoms with Gasteiger partial charge >= 0.3 is 12.1 Å². The number of hydrogen-bond donors (Lipinski definition) is 1. The van der Waals surface area contributed by atoms with Crippen molar-refractivity contribution in [2.24, 2.45) is 5.92 Å². The molecular weight excluding hydrogens is 458 g/mol. The van der Waals surface area contributed by atoms with Crippen molar-refractivity contribution in [1.82, 2.24) is 5.32 Å². The van der Waals surface area contributed by atoms with Gasteiger partial charge < -0.3 is 19.2 Å². The highest BCUT2D eigenvalue weighted by molar-refractivity contribution is 6.30. The van der Waals surface area contributed by atoms with E-state index in [1.54, 1.807) is 51.1 Å². The highest BCUT2D eigenvalue weighted by Crippen LogP contribution is 2.25. The number of benzene rings is 2. The molecule has 0 saturated carbocycles. The number of amides is 1. The van der Waals surface area contributed by atoms with E-state index in [-0.39, 0.29) is 22.7 Å². The third kappa shape index (κ3) is 6.17. The Morgan fingerprint density at radius 1 is 1.12 bits per heavy atom. The van der Waals surface area contributed by atoms with Gasteiger partial charge in [-0.3, -0.25) is 4.79 Å². The van der Waals surface area contributed by atoms with E-state index in [2.05, 4.69) is 5.32 Å². The number of halogens is 1. The lowest BCUT2D eigenvalue weighted by Gasteiger charge is -2.25. The highest BCUT2D eigenvalue weighted by Gasteiger charge is 2.30. The van der Waals surface area contributed by atoms with Crippen molar-refractivity contribution >= 4 is 34.6 Å². The molecule has 3 aromatic rings. The fourth-order valence-electron chi connectivity index (χ4n) is 3.28. The van der Waals surface area contributed by atoms with Crippen molar-refractivity contribution in [3.63, 3.8) is 0 Å². The van der Waals surface area contributed by atoms with Crippen LogP contribution in [0.25, 0.3) is 22.1 Å². The minimum atomic E-state index is -0.908. The molecule has 180 valence electrons. The Kier molecular flexibility index (Phi) is 7.67.